The molecule has 1 atom stereocenters. The van der Waals surface area contributed by atoms with Gasteiger partial charge in [-0.3, -0.25) is 0 Å². The van der Waals surface area contributed by atoms with Gasteiger partial charge in [0.2, 0.25) is 0 Å². The van der Waals surface area contributed by atoms with Gasteiger partial charge >= 0.3 is 0 Å². The molecular weight excluding hydrogens is 402 g/mol. The average Bonchev–Trinajstić information content (AvgIpc) is 2.83. The quantitative estimate of drug-likeness (QED) is 0.248. The minimum absolute atomic E-state index is 0.348. The molecule has 1 N–H and O–H groups in total. The van der Waals surface area contributed by atoms with Gasteiger partial charge in [-0.05, 0) is 55.5 Å². The van der Waals surface area contributed by atoms with E-state index in [0.717, 1.165) is 22.3 Å². The highest BCUT2D eigenvalue weighted by molar-refractivity contribution is 6.66. The fourth-order valence-electron chi connectivity index (χ4n) is 4.39. The number of rotatable bonds is 2. The van der Waals surface area contributed by atoms with Crippen LogP contribution in [0, 0.1) is 0 Å². The summed E-state index contributed by atoms with van der Waals surface area (Å²) in [5, 5.41) is 10.8. The molecule has 1 unspecified atom stereocenters. The van der Waals surface area contributed by atoms with Crippen molar-refractivity contribution >= 4 is 55.0 Å². The first-order valence-electron chi connectivity index (χ1n) is 10.2. The van der Waals surface area contributed by atoms with Crippen LogP contribution in [0.2, 0.25) is 0 Å². The Morgan fingerprint density at radius 3 is 2.13 bits per heavy atom. The average molecular weight is 420 g/mol. The van der Waals surface area contributed by atoms with Crippen molar-refractivity contribution in [2.45, 2.75) is 6.17 Å². The Balaban J connectivity index is 1.64. The first-order chi connectivity index (χ1) is 15.3. The lowest BCUT2D eigenvalue weighted by molar-refractivity contribution is 0.760. The van der Waals surface area contributed by atoms with Crippen molar-refractivity contribution in [3.8, 4) is 0 Å². The minimum atomic E-state index is -0.369. The second-order valence-electron chi connectivity index (χ2n) is 7.66. The zero-order valence-electron chi connectivity index (χ0n) is 16.6. The van der Waals surface area contributed by atoms with Gasteiger partial charge in [-0.25, -0.2) is 9.98 Å². The largest absolute Gasteiger partial charge is 0.315 e. The Kier molecular flexibility index (Phi) is 4.22. The van der Waals surface area contributed by atoms with Crippen LogP contribution < -0.4 is 5.32 Å². The van der Waals surface area contributed by atoms with Crippen LogP contribution in [0.15, 0.2) is 107 Å². The van der Waals surface area contributed by atoms with E-state index in [2.05, 4.69) is 77.0 Å². The van der Waals surface area contributed by atoms with Crippen LogP contribution in [-0.2, 0) is 0 Å². The molecule has 1 heterocycles. The van der Waals surface area contributed by atoms with Gasteiger partial charge in [0, 0.05) is 5.56 Å². The number of nitrogens with one attached hydrogen (secondary N) is 1. The smallest absolute Gasteiger partial charge is 0.199 e. The topological polar surface area (TPSA) is 36.8 Å². The molecule has 0 amide bonds. The Morgan fingerprint density at radius 1 is 0.613 bits per heavy atom. The highest BCUT2D eigenvalue weighted by atomic mass is 35.5. The Bertz CT molecular complexity index is 1520. The molecular formula is C27H18ClN3. The molecule has 0 saturated heterocycles. The van der Waals surface area contributed by atoms with Gasteiger partial charge in [0.05, 0.1) is 0 Å². The molecule has 3 nitrogen and oxygen atoms in total. The van der Waals surface area contributed by atoms with Gasteiger partial charge in [0.15, 0.2) is 11.5 Å². The molecule has 5 aromatic carbocycles. The van der Waals surface area contributed by atoms with E-state index in [4.69, 9.17) is 16.6 Å². The third-order valence-electron chi connectivity index (χ3n) is 5.83. The Hall–Kier alpha value is -3.69. The molecule has 0 saturated carbocycles. The van der Waals surface area contributed by atoms with Crippen molar-refractivity contribution in [1.82, 2.24) is 5.32 Å². The van der Waals surface area contributed by atoms with E-state index in [1.165, 1.54) is 26.9 Å². The first-order valence-corrected chi connectivity index (χ1v) is 10.6. The van der Waals surface area contributed by atoms with Gasteiger partial charge in [0.25, 0.3) is 0 Å². The van der Waals surface area contributed by atoms with Crippen molar-refractivity contribution < 1.29 is 0 Å². The minimum Gasteiger partial charge on any atom is -0.315 e. The molecule has 0 aliphatic carbocycles. The zero-order valence-corrected chi connectivity index (χ0v) is 17.3. The fourth-order valence-corrected chi connectivity index (χ4v) is 4.57. The van der Waals surface area contributed by atoms with Crippen LogP contribution in [0.5, 0.6) is 0 Å². The summed E-state index contributed by atoms with van der Waals surface area (Å²) in [5.74, 6) is 0.736. The summed E-state index contributed by atoms with van der Waals surface area (Å²) in [4.78, 5) is 9.45. The first kappa shape index (κ1) is 18.1. The standard InChI is InChI=1S/C27H18ClN3/c28-27-30-25(18-9-2-1-3-10-18)29-26(31-27)24-16-23-19-11-5-4-8-17(19)14-15-22(23)20-12-6-7-13-21(20)24/h1-16,25H,(H,29,30,31). The number of fused-ring (bicyclic) bond motifs is 5. The number of aliphatic imine (C=N–C) groups is 2. The highest BCUT2D eigenvalue weighted by Crippen LogP contribution is 2.34. The van der Waals surface area contributed by atoms with Crippen LogP contribution in [0.3, 0.4) is 0 Å². The van der Waals surface area contributed by atoms with Gasteiger partial charge in [0.1, 0.15) is 5.84 Å². The van der Waals surface area contributed by atoms with E-state index < -0.39 is 0 Å². The molecule has 6 rings (SSSR count). The number of halogens is 1. The molecule has 0 aromatic heterocycles. The lowest BCUT2D eigenvalue weighted by Crippen LogP contribution is -2.32. The number of nitrogens with zero attached hydrogens (tertiary/aromatic N) is 2. The van der Waals surface area contributed by atoms with Crippen molar-refractivity contribution in [3.63, 3.8) is 0 Å². The van der Waals surface area contributed by atoms with E-state index >= 15 is 0 Å². The Morgan fingerprint density at radius 2 is 1.29 bits per heavy atom. The second-order valence-corrected chi connectivity index (χ2v) is 8.02. The van der Waals surface area contributed by atoms with Crippen molar-refractivity contribution in [2.75, 3.05) is 0 Å². The van der Waals surface area contributed by atoms with Crippen LogP contribution >= 0.6 is 11.6 Å². The fraction of sp³-hybridized carbons (Fsp3) is 0.0370. The normalized spacial score (nSPS) is 16.2. The monoisotopic (exact) mass is 419 g/mol. The van der Waals surface area contributed by atoms with E-state index in [1.54, 1.807) is 0 Å². The lowest BCUT2D eigenvalue weighted by atomic mass is 9.93. The van der Waals surface area contributed by atoms with Gasteiger partial charge in [-0.15, -0.1) is 0 Å². The zero-order chi connectivity index (χ0) is 20.8. The molecule has 0 spiro atoms. The summed E-state index contributed by atoms with van der Waals surface area (Å²) in [7, 11) is 0. The molecule has 0 bridgehead atoms. The summed E-state index contributed by atoms with van der Waals surface area (Å²) < 4.78 is 0. The van der Waals surface area contributed by atoms with Crippen molar-refractivity contribution in [2.24, 2.45) is 9.98 Å². The third kappa shape index (κ3) is 3.06. The SMILES string of the molecule is ClC1=NC(c2ccccc2)N=C(c2cc3c4ccccc4ccc3c3ccccc23)N1. The second kappa shape index (κ2) is 7.22. The maximum atomic E-state index is 6.43. The van der Waals surface area contributed by atoms with Crippen molar-refractivity contribution in [1.29, 1.82) is 0 Å². The maximum absolute atomic E-state index is 6.43. The summed E-state index contributed by atoms with van der Waals surface area (Å²) in [5.41, 5.74) is 2.03. The van der Waals surface area contributed by atoms with E-state index in [0.29, 0.717) is 5.29 Å². The highest BCUT2D eigenvalue weighted by Gasteiger charge is 2.20. The van der Waals surface area contributed by atoms with Gasteiger partial charge < -0.3 is 5.32 Å². The molecule has 4 heteroatoms. The molecule has 1 aliphatic rings. The van der Waals surface area contributed by atoms with E-state index in [1.807, 2.05) is 30.3 Å². The van der Waals surface area contributed by atoms with Crippen molar-refractivity contribution in [3.05, 3.63) is 108 Å². The molecule has 0 radical (unpaired) electrons. The third-order valence-corrected chi connectivity index (χ3v) is 6.02. The molecule has 1 aliphatic heterocycles. The van der Waals surface area contributed by atoms with Crippen LogP contribution in [0.25, 0.3) is 32.3 Å². The number of amidine groups is 2. The number of hydrogen-bond acceptors (Lipinski definition) is 3. The predicted octanol–water partition coefficient (Wildman–Crippen LogP) is 6.79. The van der Waals surface area contributed by atoms with Gasteiger partial charge in [-0.2, -0.15) is 0 Å². The summed E-state index contributed by atoms with van der Waals surface area (Å²) in [6.07, 6.45) is -0.369. The molecule has 0 fully saturated rings. The number of hydrogen-bond donors (Lipinski definition) is 1. The van der Waals surface area contributed by atoms with Crippen LogP contribution in [-0.4, -0.2) is 11.1 Å². The van der Waals surface area contributed by atoms with Crippen LogP contribution in [0.4, 0.5) is 0 Å². The van der Waals surface area contributed by atoms with E-state index in [-0.39, 0.29) is 6.17 Å². The molecule has 31 heavy (non-hydrogen) atoms. The maximum Gasteiger partial charge on any atom is 0.199 e. The Labute approximate surface area is 184 Å². The summed E-state index contributed by atoms with van der Waals surface area (Å²) >= 11 is 6.43. The number of benzene rings is 5. The summed E-state index contributed by atoms with van der Waals surface area (Å²) in [6.45, 7) is 0. The molecule has 148 valence electrons. The predicted molar refractivity (Wildman–Crippen MR) is 131 cm³/mol. The van der Waals surface area contributed by atoms with Gasteiger partial charge in [-0.1, -0.05) is 91.0 Å². The molecule has 5 aromatic rings. The van der Waals surface area contributed by atoms with Crippen LogP contribution in [0.1, 0.15) is 17.3 Å². The summed E-state index contributed by atoms with van der Waals surface area (Å²) in [6, 6.07) is 33.6. The lowest BCUT2D eigenvalue weighted by Gasteiger charge is -2.21. The van der Waals surface area contributed by atoms with E-state index in [9.17, 15) is 0 Å².